The quantitative estimate of drug-likeness (QED) is 0.396. The predicted octanol–water partition coefficient (Wildman–Crippen LogP) is 4.71. The van der Waals surface area contributed by atoms with Crippen molar-refractivity contribution < 1.29 is 8.42 Å². The molecule has 1 N–H and O–H groups in total. The van der Waals surface area contributed by atoms with Crippen molar-refractivity contribution in [3.8, 4) is 11.3 Å². The Balaban J connectivity index is 1.39. The van der Waals surface area contributed by atoms with Gasteiger partial charge in [0, 0.05) is 43.1 Å². The lowest BCUT2D eigenvalue weighted by molar-refractivity contribution is 0.313. The van der Waals surface area contributed by atoms with Crippen LogP contribution in [0.3, 0.4) is 0 Å². The van der Waals surface area contributed by atoms with E-state index in [2.05, 4.69) is 44.4 Å². The molecule has 37 heavy (non-hydrogen) atoms. The smallest absolute Gasteiger partial charge is 0.247 e. The summed E-state index contributed by atoms with van der Waals surface area (Å²) in [7, 11) is -1.26. The minimum Gasteiger partial charge on any atom is -0.369 e. The molecule has 0 atom stereocenters. The van der Waals surface area contributed by atoms with Gasteiger partial charge in [0.2, 0.25) is 5.95 Å². The maximum absolute atomic E-state index is 13.0. The van der Waals surface area contributed by atoms with Gasteiger partial charge < -0.3 is 15.1 Å². The number of nitrogens with one attached hydrogen (secondary N) is 1. The first-order valence-corrected chi connectivity index (χ1v) is 14.2. The molecule has 1 aliphatic rings. The van der Waals surface area contributed by atoms with Gasteiger partial charge in [-0.25, -0.2) is 12.9 Å². The third-order valence-electron chi connectivity index (χ3n) is 6.46. The summed E-state index contributed by atoms with van der Waals surface area (Å²) in [5.41, 5.74) is 4.02. The molecule has 0 saturated carbocycles. The van der Waals surface area contributed by atoms with E-state index in [0.29, 0.717) is 16.5 Å². The summed E-state index contributed by atoms with van der Waals surface area (Å²) in [6.45, 7) is 9.98. The molecular weight excluding hydrogens is 484 g/mol. The fourth-order valence-corrected chi connectivity index (χ4v) is 6.53. The van der Waals surface area contributed by atoms with Crippen molar-refractivity contribution in [1.29, 1.82) is 0 Å². The van der Waals surface area contributed by atoms with Gasteiger partial charge in [-0.05, 0) is 61.0 Å². The van der Waals surface area contributed by atoms with Crippen LogP contribution in [0.15, 0.2) is 71.6 Å². The topological polar surface area (TPSA) is 82.8 Å². The first-order chi connectivity index (χ1) is 17.6. The summed E-state index contributed by atoms with van der Waals surface area (Å²) in [4.78, 5) is 9.70. The molecule has 5 rings (SSSR count). The lowest BCUT2D eigenvalue weighted by atomic mass is 10.0. The van der Waals surface area contributed by atoms with E-state index in [0.717, 1.165) is 43.1 Å². The van der Waals surface area contributed by atoms with Crippen LogP contribution in [-0.2, 0) is 9.84 Å². The number of piperazine rings is 1. The van der Waals surface area contributed by atoms with Crippen molar-refractivity contribution in [1.82, 2.24) is 19.5 Å². The zero-order valence-corrected chi connectivity index (χ0v) is 22.7. The monoisotopic (exact) mass is 518 g/mol. The molecule has 4 aromatic rings. The fourth-order valence-electron chi connectivity index (χ4n) is 4.63. The summed E-state index contributed by atoms with van der Waals surface area (Å²) < 4.78 is 27.7. The molecule has 0 unspecified atom stereocenters. The van der Waals surface area contributed by atoms with Crippen LogP contribution in [0, 0.1) is 5.41 Å². The summed E-state index contributed by atoms with van der Waals surface area (Å²) in [5.74, 6) is 0.565. The molecule has 0 spiro atoms. The number of anilines is 3. The van der Waals surface area contributed by atoms with E-state index in [1.54, 1.807) is 22.7 Å². The second-order valence-electron chi connectivity index (χ2n) is 10.9. The van der Waals surface area contributed by atoms with Crippen LogP contribution >= 0.6 is 0 Å². The van der Waals surface area contributed by atoms with Gasteiger partial charge in [0.15, 0.2) is 15.5 Å². The molecule has 194 valence electrons. The molecule has 8 nitrogen and oxygen atoms in total. The molecule has 0 bridgehead atoms. The molecule has 0 aliphatic carbocycles. The molecule has 9 heteroatoms. The van der Waals surface area contributed by atoms with Gasteiger partial charge in [-0.2, -0.15) is 4.98 Å². The summed E-state index contributed by atoms with van der Waals surface area (Å²) in [6.07, 6.45) is 0. The van der Waals surface area contributed by atoms with Gasteiger partial charge in [-0.15, -0.1) is 5.10 Å². The molecule has 1 fully saturated rings. The highest BCUT2D eigenvalue weighted by Gasteiger charge is 2.24. The van der Waals surface area contributed by atoms with Crippen LogP contribution in [0.5, 0.6) is 0 Å². The number of fused-ring (bicyclic) bond motifs is 1. The van der Waals surface area contributed by atoms with E-state index < -0.39 is 9.84 Å². The lowest BCUT2D eigenvalue weighted by Crippen LogP contribution is -2.44. The highest BCUT2D eigenvalue weighted by molar-refractivity contribution is 7.91. The van der Waals surface area contributed by atoms with Crippen molar-refractivity contribution in [2.24, 2.45) is 5.41 Å². The Labute approximate surface area is 218 Å². The second-order valence-corrected chi connectivity index (χ2v) is 12.9. The van der Waals surface area contributed by atoms with Crippen LogP contribution in [0.25, 0.3) is 16.9 Å². The van der Waals surface area contributed by atoms with Crippen LogP contribution in [0.2, 0.25) is 0 Å². The maximum Gasteiger partial charge on any atom is 0.247 e. The van der Waals surface area contributed by atoms with Crippen molar-refractivity contribution in [3.05, 3.63) is 66.7 Å². The first-order valence-electron chi connectivity index (χ1n) is 12.6. The van der Waals surface area contributed by atoms with Gasteiger partial charge in [0.25, 0.3) is 0 Å². The second kappa shape index (κ2) is 9.79. The average Bonchev–Trinajstić information content (AvgIpc) is 3.26. The van der Waals surface area contributed by atoms with Gasteiger partial charge in [0.1, 0.15) is 0 Å². The summed E-state index contributed by atoms with van der Waals surface area (Å²) in [6, 6.07) is 21.1. The molecule has 0 amide bonds. The largest absolute Gasteiger partial charge is 0.369 e. The third kappa shape index (κ3) is 5.78. The summed E-state index contributed by atoms with van der Waals surface area (Å²) >= 11 is 0. The van der Waals surface area contributed by atoms with Crippen molar-refractivity contribution >= 4 is 32.8 Å². The molecule has 0 radical (unpaired) electrons. The highest BCUT2D eigenvalue weighted by Crippen LogP contribution is 2.28. The van der Waals surface area contributed by atoms with E-state index in [9.17, 15) is 8.42 Å². The number of nitrogens with zero attached hydrogens (tertiary/aromatic N) is 5. The summed E-state index contributed by atoms with van der Waals surface area (Å²) in [5, 5.41) is 7.99. The number of likely N-dealkylation sites (N-methyl/N-ethyl adjacent to an activating group) is 1. The van der Waals surface area contributed by atoms with Crippen molar-refractivity contribution in [2.75, 3.05) is 49.2 Å². The SMILES string of the molecule is CN1CCN(c2ccc(Nc3nc4cccc(-c5cccc(S(=O)(=O)CC(C)(C)C)c5)n4n3)cc2)CC1. The van der Waals surface area contributed by atoms with Gasteiger partial charge in [-0.1, -0.05) is 39.0 Å². The highest BCUT2D eigenvalue weighted by atomic mass is 32.2. The minimum atomic E-state index is -3.42. The van der Waals surface area contributed by atoms with Crippen LogP contribution in [0.4, 0.5) is 17.3 Å². The Kier molecular flexibility index (Phi) is 6.68. The van der Waals surface area contributed by atoms with Crippen molar-refractivity contribution in [2.45, 2.75) is 25.7 Å². The van der Waals surface area contributed by atoms with E-state index in [1.165, 1.54) is 5.69 Å². The third-order valence-corrected chi connectivity index (χ3v) is 8.68. The number of rotatable bonds is 6. The predicted molar refractivity (Wildman–Crippen MR) is 149 cm³/mol. The molecule has 1 aliphatic heterocycles. The number of sulfone groups is 1. The number of pyridine rings is 1. The minimum absolute atomic E-state index is 0.0820. The Bertz CT molecular complexity index is 1500. The van der Waals surface area contributed by atoms with Crippen LogP contribution in [0.1, 0.15) is 20.8 Å². The average molecular weight is 519 g/mol. The molecule has 2 aromatic carbocycles. The molecule has 2 aromatic heterocycles. The number of hydrogen-bond acceptors (Lipinski definition) is 7. The molecule has 1 saturated heterocycles. The van der Waals surface area contributed by atoms with Gasteiger partial charge in [-0.3, -0.25) is 0 Å². The zero-order chi connectivity index (χ0) is 26.2. The zero-order valence-electron chi connectivity index (χ0n) is 21.8. The van der Waals surface area contributed by atoms with E-state index in [1.807, 2.05) is 57.2 Å². The Morgan fingerprint density at radius 2 is 1.62 bits per heavy atom. The Morgan fingerprint density at radius 1 is 0.919 bits per heavy atom. The van der Waals surface area contributed by atoms with E-state index >= 15 is 0 Å². The van der Waals surface area contributed by atoms with Crippen molar-refractivity contribution in [3.63, 3.8) is 0 Å². The standard InChI is InChI=1S/C28H34N6O2S/c1-28(2,3)20-37(35,36)24-8-5-7-21(19-24)25-9-6-10-26-30-27(31-34(25)26)29-22-11-13-23(14-12-22)33-17-15-32(4)16-18-33/h5-14,19H,15-18,20H2,1-4H3,(H,29,31). The Hall–Kier alpha value is -3.43. The molecular formula is C28H34N6O2S. The number of hydrogen-bond donors (Lipinski definition) is 1. The van der Waals surface area contributed by atoms with Crippen LogP contribution in [-0.4, -0.2) is 66.9 Å². The Morgan fingerprint density at radius 3 is 2.32 bits per heavy atom. The molecule has 3 heterocycles. The fraction of sp³-hybridized carbons (Fsp3) is 0.357. The number of benzene rings is 2. The first kappa shape index (κ1) is 25.2. The lowest BCUT2D eigenvalue weighted by Gasteiger charge is -2.34. The van der Waals surface area contributed by atoms with Gasteiger partial charge >= 0.3 is 0 Å². The maximum atomic E-state index is 13.0. The van der Waals surface area contributed by atoms with Crippen LogP contribution < -0.4 is 10.2 Å². The normalized spacial score (nSPS) is 15.3. The van der Waals surface area contributed by atoms with Gasteiger partial charge in [0.05, 0.1) is 16.3 Å². The van der Waals surface area contributed by atoms with E-state index in [-0.39, 0.29) is 11.2 Å². The van der Waals surface area contributed by atoms with E-state index in [4.69, 9.17) is 0 Å². The number of aromatic nitrogens is 3.